The van der Waals surface area contributed by atoms with Gasteiger partial charge in [0, 0.05) is 0 Å². The molecule has 8 aromatic carbocycles. The predicted molar refractivity (Wildman–Crippen MR) is 180 cm³/mol. The quantitative estimate of drug-likeness (QED) is 0.228. The Balaban J connectivity index is 1.53. The van der Waals surface area contributed by atoms with Crippen LogP contribution in [0.15, 0.2) is 146 Å². The Bertz CT molecular complexity index is 2260. The molecule has 0 fully saturated rings. The van der Waals surface area contributed by atoms with Gasteiger partial charge in [-0.3, -0.25) is 0 Å². The first kappa shape index (κ1) is 24.2. The lowest BCUT2D eigenvalue weighted by molar-refractivity contribution is 0.476. The fourth-order valence-corrected chi connectivity index (χ4v) is 7.73. The van der Waals surface area contributed by atoms with Gasteiger partial charge in [0.15, 0.2) is 0 Å². The summed E-state index contributed by atoms with van der Waals surface area (Å²) in [6, 6.07) is 53.1. The SMILES string of the molecule is Cc1ccc2cc(C3(c4ccc5cc(O)ccc5c4)c4c(ccc5ccccc45)-c4ccc5ccccc5c43)ccc2c1. The van der Waals surface area contributed by atoms with Crippen LogP contribution >= 0.6 is 0 Å². The van der Waals surface area contributed by atoms with E-state index in [1.807, 2.05) is 12.1 Å². The van der Waals surface area contributed by atoms with Crippen molar-refractivity contribution in [2.75, 3.05) is 0 Å². The summed E-state index contributed by atoms with van der Waals surface area (Å²) in [7, 11) is 0. The van der Waals surface area contributed by atoms with Gasteiger partial charge in [-0.05, 0) is 108 Å². The summed E-state index contributed by atoms with van der Waals surface area (Å²) in [4.78, 5) is 0. The van der Waals surface area contributed by atoms with Gasteiger partial charge >= 0.3 is 0 Å². The maximum atomic E-state index is 10.3. The summed E-state index contributed by atoms with van der Waals surface area (Å²) in [6.07, 6.45) is 0. The Kier molecular flexibility index (Phi) is 4.96. The molecule has 9 rings (SSSR count). The summed E-state index contributed by atoms with van der Waals surface area (Å²) in [6.45, 7) is 2.16. The highest BCUT2D eigenvalue weighted by Gasteiger charge is 2.48. The minimum atomic E-state index is -0.572. The number of rotatable bonds is 2. The zero-order valence-corrected chi connectivity index (χ0v) is 23.8. The van der Waals surface area contributed by atoms with Crippen molar-refractivity contribution < 1.29 is 5.11 Å². The van der Waals surface area contributed by atoms with Crippen molar-refractivity contribution in [3.8, 4) is 16.9 Å². The number of hydrogen-bond acceptors (Lipinski definition) is 1. The fourth-order valence-electron chi connectivity index (χ4n) is 7.73. The number of phenols is 1. The maximum Gasteiger partial charge on any atom is 0.116 e. The molecule has 0 spiro atoms. The largest absolute Gasteiger partial charge is 0.508 e. The molecular formula is C42H28O. The van der Waals surface area contributed by atoms with Crippen LogP contribution in [0, 0.1) is 6.92 Å². The highest BCUT2D eigenvalue weighted by molar-refractivity contribution is 6.06. The van der Waals surface area contributed by atoms with E-state index in [9.17, 15) is 5.11 Å². The predicted octanol–water partition coefficient (Wildman–Crippen LogP) is 10.7. The summed E-state index contributed by atoms with van der Waals surface area (Å²) in [5.41, 5.74) is 8.42. The van der Waals surface area contributed by atoms with Crippen LogP contribution in [0.3, 0.4) is 0 Å². The zero-order chi connectivity index (χ0) is 28.7. The van der Waals surface area contributed by atoms with E-state index in [1.54, 1.807) is 6.07 Å². The smallest absolute Gasteiger partial charge is 0.116 e. The van der Waals surface area contributed by atoms with Gasteiger partial charge in [-0.2, -0.15) is 0 Å². The highest BCUT2D eigenvalue weighted by atomic mass is 16.3. The molecule has 1 N–H and O–H groups in total. The second-order valence-corrected chi connectivity index (χ2v) is 12.0. The van der Waals surface area contributed by atoms with E-state index < -0.39 is 5.41 Å². The van der Waals surface area contributed by atoms with Crippen LogP contribution in [0.25, 0.3) is 54.2 Å². The van der Waals surface area contributed by atoms with Crippen LogP contribution in [0.2, 0.25) is 0 Å². The monoisotopic (exact) mass is 548 g/mol. The second-order valence-electron chi connectivity index (χ2n) is 12.0. The van der Waals surface area contributed by atoms with E-state index in [4.69, 9.17) is 0 Å². The molecule has 0 unspecified atom stereocenters. The van der Waals surface area contributed by atoms with Gasteiger partial charge in [-0.25, -0.2) is 0 Å². The van der Waals surface area contributed by atoms with E-state index in [1.165, 1.54) is 71.3 Å². The molecule has 0 saturated heterocycles. The molecule has 0 amide bonds. The van der Waals surface area contributed by atoms with Gasteiger partial charge in [0.2, 0.25) is 0 Å². The lowest BCUT2D eigenvalue weighted by Crippen LogP contribution is -2.29. The van der Waals surface area contributed by atoms with Crippen LogP contribution in [0.1, 0.15) is 27.8 Å². The molecule has 1 aliphatic rings. The first-order valence-corrected chi connectivity index (χ1v) is 14.9. The molecule has 8 aromatic rings. The van der Waals surface area contributed by atoms with E-state index in [-0.39, 0.29) is 5.75 Å². The highest BCUT2D eigenvalue weighted by Crippen LogP contribution is 2.60. The van der Waals surface area contributed by atoms with E-state index >= 15 is 0 Å². The third-order valence-electron chi connectivity index (χ3n) is 9.58. The van der Waals surface area contributed by atoms with Crippen molar-refractivity contribution in [3.63, 3.8) is 0 Å². The molecular weight excluding hydrogens is 520 g/mol. The average molecular weight is 549 g/mol. The van der Waals surface area contributed by atoms with Crippen LogP contribution < -0.4 is 0 Å². The Morgan fingerprint density at radius 2 is 0.884 bits per heavy atom. The van der Waals surface area contributed by atoms with Gasteiger partial charge < -0.3 is 5.11 Å². The van der Waals surface area contributed by atoms with E-state index in [2.05, 4.69) is 134 Å². The topological polar surface area (TPSA) is 20.2 Å². The van der Waals surface area contributed by atoms with Gasteiger partial charge in [-0.1, -0.05) is 127 Å². The molecule has 1 heteroatoms. The molecule has 0 heterocycles. The summed E-state index contributed by atoms with van der Waals surface area (Å²) >= 11 is 0. The average Bonchev–Trinajstić information content (AvgIpc) is 3.36. The molecule has 0 atom stereocenters. The standard InChI is InChI=1S/C42H28O/c1-26-10-11-30-23-33(17-12-29(30)22-26)42(34-18-13-32-25-35(43)19-14-31(32)24-34)40-36-8-4-2-6-27(36)15-20-38(40)39-21-16-28-7-3-5-9-37(28)41(39)42/h2-25,43H,1H3. The minimum Gasteiger partial charge on any atom is -0.508 e. The zero-order valence-electron chi connectivity index (χ0n) is 23.8. The van der Waals surface area contributed by atoms with Crippen LogP contribution in [0.4, 0.5) is 0 Å². The van der Waals surface area contributed by atoms with Crippen molar-refractivity contribution in [1.29, 1.82) is 0 Å². The molecule has 1 nitrogen and oxygen atoms in total. The lowest BCUT2D eigenvalue weighted by Gasteiger charge is -2.36. The van der Waals surface area contributed by atoms with Crippen molar-refractivity contribution >= 4 is 43.1 Å². The van der Waals surface area contributed by atoms with Crippen LogP contribution in [-0.4, -0.2) is 5.11 Å². The molecule has 0 aromatic heterocycles. The lowest BCUT2D eigenvalue weighted by atomic mass is 9.65. The summed E-state index contributed by atoms with van der Waals surface area (Å²) < 4.78 is 0. The van der Waals surface area contributed by atoms with Crippen LogP contribution in [-0.2, 0) is 5.41 Å². The van der Waals surface area contributed by atoms with E-state index in [0.717, 1.165) is 10.8 Å². The normalized spacial score (nSPS) is 13.5. The first-order chi connectivity index (χ1) is 21.1. The summed E-state index contributed by atoms with van der Waals surface area (Å²) in [5, 5.41) is 19.9. The Labute approximate surface area is 250 Å². The van der Waals surface area contributed by atoms with Gasteiger partial charge in [0.1, 0.15) is 5.75 Å². The minimum absolute atomic E-state index is 0.285. The molecule has 0 saturated carbocycles. The fraction of sp³-hybridized carbons (Fsp3) is 0.0476. The molecule has 0 bridgehead atoms. The third-order valence-corrected chi connectivity index (χ3v) is 9.58. The van der Waals surface area contributed by atoms with Gasteiger partial charge in [-0.15, -0.1) is 0 Å². The molecule has 1 aliphatic carbocycles. The van der Waals surface area contributed by atoms with Crippen LogP contribution in [0.5, 0.6) is 5.75 Å². The summed E-state index contributed by atoms with van der Waals surface area (Å²) in [5.74, 6) is 0.285. The second kappa shape index (κ2) is 8.80. The molecule has 43 heavy (non-hydrogen) atoms. The number of phenolic OH excluding ortho intramolecular Hbond substituents is 1. The Morgan fingerprint density at radius 1 is 0.419 bits per heavy atom. The number of benzene rings is 8. The molecule has 202 valence electrons. The van der Waals surface area contributed by atoms with Gasteiger partial charge in [0.05, 0.1) is 5.41 Å². The number of aromatic hydroxyl groups is 1. The van der Waals surface area contributed by atoms with Crippen molar-refractivity contribution in [2.45, 2.75) is 12.3 Å². The van der Waals surface area contributed by atoms with E-state index in [0.29, 0.717) is 0 Å². The number of fused-ring (bicyclic) bond motifs is 9. The molecule has 0 aliphatic heterocycles. The third kappa shape index (κ3) is 3.34. The first-order valence-electron chi connectivity index (χ1n) is 14.9. The number of aryl methyl sites for hydroxylation is 1. The Morgan fingerprint density at radius 3 is 1.49 bits per heavy atom. The van der Waals surface area contributed by atoms with Crippen molar-refractivity contribution in [3.05, 3.63) is 173 Å². The molecule has 0 radical (unpaired) electrons. The van der Waals surface area contributed by atoms with Crippen molar-refractivity contribution in [2.24, 2.45) is 0 Å². The Hall–Kier alpha value is -5.40. The number of hydrogen-bond donors (Lipinski definition) is 1. The van der Waals surface area contributed by atoms with Crippen molar-refractivity contribution in [1.82, 2.24) is 0 Å². The maximum absolute atomic E-state index is 10.3. The van der Waals surface area contributed by atoms with Gasteiger partial charge in [0.25, 0.3) is 0 Å².